The van der Waals surface area contributed by atoms with Crippen LogP contribution in [0, 0.1) is 0 Å². The number of aromatic nitrogens is 1. The van der Waals surface area contributed by atoms with Crippen LogP contribution in [0.3, 0.4) is 0 Å². The van der Waals surface area contributed by atoms with Crippen LogP contribution in [-0.4, -0.2) is 33.3 Å². The van der Waals surface area contributed by atoms with Gasteiger partial charge in [0.15, 0.2) is 10.7 Å². The van der Waals surface area contributed by atoms with E-state index >= 15 is 0 Å². The van der Waals surface area contributed by atoms with Crippen molar-refractivity contribution in [3.63, 3.8) is 0 Å². The summed E-state index contributed by atoms with van der Waals surface area (Å²) in [5.74, 6) is -2.06. The standard InChI is InChI=1S/C28H26N4O5S/c1-27(2,36-31-23(24(33)34)22-18-38-26(29)30-22)25(35)32-37-28(19-12-6-3-7-13-19,20-14-8-4-9-15-20)21-16-10-5-11-17-21/h3-18H,1-2H3,(H2,29,30)(H,32,35)(H,33,34)/b31-23-. The molecule has 10 heteroatoms. The normalized spacial score (nSPS) is 12.1. The van der Waals surface area contributed by atoms with E-state index in [9.17, 15) is 14.7 Å². The van der Waals surface area contributed by atoms with E-state index in [1.165, 1.54) is 19.2 Å². The van der Waals surface area contributed by atoms with Crippen molar-refractivity contribution in [1.29, 1.82) is 0 Å². The first-order valence-electron chi connectivity index (χ1n) is 11.6. The molecule has 0 fully saturated rings. The van der Waals surface area contributed by atoms with Crippen LogP contribution in [0.15, 0.2) is 102 Å². The van der Waals surface area contributed by atoms with Gasteiger partial charge in [-0.15, -0.1) is 11.3 Å². The molecule has 4 N–H and O–H groups in total. The van der Waals surface area contributed by atoms with E-state index in [0.29, 0.717) is 0 Å². The Morgan fingerprint density at radius 2 is 1.37 bits per heavy atom. The van der Waals surface area contributed by atoms with Crippen molar-refractivity contribution < 1.29 is 24.4 Å². The monoisotopic (exact) mass is 530 g/mol. The minimum absolute atomic E-state index is 0.0312. The predicted molar refractivity (Wildman–Crippen MR) is 144 cm³/mol. The van der Waals surface area contributed by atoms with Gasteiger partial charge in [-0.1, -0.05) is 96.2 Å². The van der Waals surface area contributed by atoms with Crippen molar-refractivity contribution in [1.82, 2.24) is 10.5 Å². The summed E-state index contributed by atoms with van der Waals surface area (Å²) in [5.41, 5.74) is 7.23. The Labute approximate surface area is 223 Å². The van der Waals surface area contributed by atoms with Crippen molar-refractivity contribution in [3.8, 4) is 0 Å². The highest BCUT2D eigenvalue weighted by Gasteiger charge is 2.41. The number of carbonyl (C=O) groups is 2. The maximum atomic E-state index is 13.3. The molecule has 0 aliphatic carbocycles. The zero-order valence-electron chi connectivity index (χ0n) is 20.7. The second-order valence-corrected chi connectivity index (χ2v) is 9.62. The molecule has 0 unspecified atom stereocenters. The van der Waals surface area contributed by atoms with Crippen LogP contribution in [-0.2, 0) is 24.9 Å². The fourth-order valence-electron chi connectivity index (χ4n) is 3.73. The summed E-state index contributed by atoms with van der Waals surface area (Å²) in [4.78, 5) is 40.7. The molecule has 1 amide bonds. The summed E-state index contributed by atoms with van der Waals surface area (Å²) in [6, 6.07) is 28.5. The highest BCUT2D eigenvalue weighted by atomic mass is 32.1. The Hall–Kier alpha value is -4.54. The molecule has 0 radical (unpaired) electrons. The Balaban J connectivity index is 1.67. The zero-order valence-corrected chi connectivity index (χ0v) is 21.5. The van der Waals surface area contributed by atoms with Gasteiger partial charge in [-0.05, 0) is 30.5 Å². The molecule has 0 atom stereocenters. The molecule has 0 saturated heterocycles. The van der Waals surface area contributed by atoms with Crippen molar-refractivity contribution in [2.45, 2.75) is 25.0 Å². The maximum Gasteiger partial charge on any atom is 0.360 e. The summed E-state index contributed by atoms with van der Waals surface area (Å²) in [6.45, 7) is 2.89. The van der Waals surface area contributed by atoms with Gasteiger partial charge in [-0.25, -0.2) is 15.3 Å². The van der Waals surface area contributed by atoms with Crippen LogP contribution in [0.2, 0.25) is 0 Å². The van der Waals surface area contributed by atoms with Gasteiger partial charge in [0.1, 0.15) is 5.69 Å². The van der Waals surface area contributed by atoms with Gasteiger partial charge in [0.05, 0.1) is 0 Å². The number of nitrogens with one attached hydrogen (secondary N) is 1. The third-order valence-electron chi connectivity index (χ3n) is 5.72. The van der Waals surface area contributed by atoms with Crippen molar-refractivity contribution in [3.05, 3.63) is 119 Å². The smallest absolute Gasteiger partial charge is 0.360 e. The lowest BCUT2D eigenvalue weighted by Crippen LogP contribution is -2.48. The van der Waals surface area contributed by atoms with Crippen LogP contribution >= 0.6 is 11.3 Å². The average molecular weight is 531 g/mol. The number of nitrogens with two attached hydrogens (primary N) is 1. The van der Waals surface area contributed by atoms with E-state index in [1.54, 1.807) is 0 Å². The largest absolute Gasteiger partial charge is 0.476 e. The first kappa shape index (κ1) is 26.5. The minimum atomic E-state index is -1.61. The number of carbonyl (C=O) groups excluding carboxylic acids is 1. The number of nitrogen functional groups attached to an aromatic ring is 1. The number of thiazole rings is 1. The van der Waals surface area contributed by atoms with Crippen LogP contribution < -0.4 is 11.2 Å². The summed E-state index contributed by atoms with van der Waals surface area (Å²) >= 11 is 1.06. The van der Waals surface area contributed by atoms with Gasteiger partial charge in [-0.3, -0.25) is 9.63 Å². The third kappa shape index (κ3) is 5.56. The Morgan fingerprint density at radius 1 is 0.895 bits per heavy atom. The van der Waals surface area contributed by atoms with Gasteiger partial charge in [0.2, 0.25) is 11.3 Å². The molecule has 0 aliphatic rings. The second-order valence-electron chi connectivity index (χ2n) is 8.73. The molecule has 1 aromatic heterocycles. The predicted octanol–water partition coefficient (Wildman–Crippen LogP) is 4.35. The summed E-state index contributed by atoms with van der Waals surface area (Å²) in [5, 5.41) is 14.9. The van der Waals surface area contributed by atoms with Crippen molar-refractivity contribution in [2.75, 3.05) is 5.73 Å². The first-order chi connectivity index (χ1) is 18.2. The number of hydroxylamine groups is 1. The zero-order chi connectivity index (χ0) is 27.2. The van der Waals surface area contributed by atoms with E-state index < -0.39 is 28.8 Å². The van der Waals surface area contributed by atoms with Crippen molar-refractivity contribution >= 4 is 34.1 Å². The molecule has 9 nitrogen and oxygen atoms in total. The number of benzene rings is 3. The van der Waals surface area contributed by atoms with Crippen LogP contribution in [0.25, 0.3) is 0 Å². The number of aliphatic carboxylic acids is 1. The molecule has 0 bridgehead atoms. The molecule has 38 heavy (non-hydrogen) atoms. The molecule has 4 aromatic rings. The quantitative estimate of drug-likeness (QED) is 0.158. The van der Waals surface area contributed by atoms with E-state index in [-0.39, 0.29) is 10.8 Å². The highest BCUT2D eigenvalue weighted by molar-refractivity contribution is 7.13. The summed E-state index contributed by atoms with van der Waals surface area (Å²) < 4.78 is 0. The van der Waals surface area contributed by atoms with Gasteiger partial charge in [-0.2, -0.15) is 0 Å². The number of anilines is 1. The second kappa shape index (κ2) is 11.2. The van der Waals surface area contributed by atoms with E-state index in [2.05, 4.69) is 15.6 Å². The number of rotatable bonds is 10. The topological polar surface area (TPSA) is 136 Å². The lowest BCUT2D eigenvalue weighted by atomic mass is 9.80. The van der Waals surface area contributed by atoms with Gasteiger partial charge in [0.25, 0.3) is 5.91 Å². The molecular formula is C28H26N4O5S. The van der Waals surface area contributed by atoms with Crippen LogP contribution in [0.1, 0.15) is 36.2 Å². The fraction of sp³-hybridized carbons (Fsp3) is 0.143. The lowest BCUT2D eigenvalue weighted by Gasteiger charge is -2.35. The van der Waals surface area contributed by atoms with Gasteiger partial charge >= 0.3 is 5.97 Å². The molecule has 0 spiro atoms. The summed E-state index contributed by atoms with van der Waals surface area (Å²) in [7, 11) is 0. The number of hydrogen-bond donors (Lipinski definition) is 3. The van der Waals surface area contributed by atoms with Gasteiger partial charge < -0.3 is 15.7 Å². The Morgan fingerprint density at radius 3 is 1.76 bits per heavy atom. The van der Waals surface area contributed by atoms with Crippen LogP contribution in [0.5, 0.6) is 0 Å². The molecule has 194 valence electrons. The number of carboxylic acid groups (broad SMARTS) is 1. The number of oxime groups is 1. The van der Waals surface area contributed by atoms with Crippen molar-refractivity contribution in [2.24, 2.45) is 5.16 Å². The molecular weight excluding hydrogens is 504 g/mol. The maximum absolute atomic E-state index is 13.3. The SMILES string of the molecule is CC(C)(O/N=C(\C(=O)O)c1csc(N)n1)C(=O)NOC(c1ccccc1)(c1ccccc1)c1ccccc1. The third-order valence-corrected chi connectivity index (χ3v) is 6.39. The molecule has 3 aromatic carbocycles. The summed E-state index contributed by atoms with van der Waals surface area (Å²) in [6.07, 6.45) is 0. The number of hydrogen-bond acceptors (Lipinski definition) is 8. The molecule has 1 heterocycles. The minimum Gasteiger partial charge on any atom is -0.476 e. The fourth-order valence-corrected chi connectivity index (χ4v) is 4.28. The number of amides is 1. The first-order valence-corrected chi connectivity index (χ1v) is 12.5. The lowest BCUT2D eigenvalue weighted by molar-refractivity contribution is -0.165. The van der Waals surface area contributed by atoms with E-state index in [0.717, 1.165) is 28.0 Å². The molecule has 4 rings (SSSR count). The Kier molecular flexibility index (Phi) is 7.85. The molecule has 0 saturated carbocycles. The average Bonchev–Trinajstić information content (AvgIpc) is 3.36. The van der Waals surface area contributed by atoms with E-state index in [4.69, 9.17) is 15.4 Å². The van der Waals surface area contributed by atoms with E-state index in [1.807, 2.05) is 91.0 Å². The number of nitrogens with zero attached hydrogens (tertiary/aromatic N) is 2. The highest BCUT2D eigenvalue weighted by Crippen LogP contribution is 2.39. The van der Waals surface area contributed by atoms with Crippen LogP contribution in [0.4, 0.5) is 5.13 Å². The van der Waals surface area contributed by atoms with Gasteiger partial charge in [0, 0.05) is 5.38 Å². The number of carboxylic acids is 1. The molecule has 0 aliphatic heterocycles. The Bertz CT molecular complexity index is 1330.